The van der Waals surface area contributed by atoms with Crippen LogP contribution < -0.4 is 10.2 Å². The van der Waals surface area contributed by atoms with Crippen molar-refractivity contribution in [3.63, 3.8) is 0 Å². The first-order chi connectivity index (χ1) is 10.5. The predicted molar refractivity (Wildman–Crippen MR) is 87.8 cm³/mol. The minimum atomic E-state index is -0.736. The van der Waals surface area contributed by atoms with E-state index in [9.17, 15) is 14.0 Å². The molecule has 128 valence electrons. The molecule has 0 saturated heterocycles. The number of amides is 2. The van der Waals surface area contributed by atoms with Gasteiger partial charge in [-0.15, -0.1) is 0 Å². The first-order valence-corrected chi connectivity index (χ1v) is 7.54. The van der Waals surface area contributed by atoms with E-state index in [0.29, 0.717) is 5.69 Å². The fourth-order valence-corrected chi connectivity index (χ4v) is 1.95. The van der Waals surface area contributed by atoms with Gasteiger partial charge >= 0.3 is 6.09 Å². The molecule has 0 saturated carbocycles. The average molecular weight is 324 g/mol. The fourth-order valence-electron chi connectivity index (χ4n) is 1.95. The highest BCUT2D eigenvalue weighted by molar-refractivity contribution is 5.98. The van der Waals surface area contributed by atoms with Gasteiger partial charge in [-0.2, -0.15) is 0 Å². The van der Waals surface area contributed by atoms with Crippen molar-refractivity contribution < 1.29 is 18.7 Å². The molecule has 2 amide bonds. The predicted octanol–water partition coefficient (Wildman–Crippen LogP) is 3.34. The molecule has 1 aromatic rings. The van der Waals surface area contributed by atoms with Gasteiger partial charge in [0.1, 0.15) is 17.5 Å². The molecule has 0 aliphatic carbocycles. The zero-order valence-corrected chi connectivity index (χ0v) is 14.5. The Kier molecular flexibility index (Phi) is 6.12. The summed E-state index contributed by atoms with van der Waals surface area (Å²) in [5, 5.41) is 2.61. The highest BCUT2D eigenvalue weighted by atomic mass is 19.1. The molecule has 0 radical (unpaired) electrons. The fraction of sp³-hybridized carbons (Fsp3) is 0.529. The van der Waals surface area contributed by atoms with Crippen LogP contribution in [0.4, 0.5) is 14.9 Å². The molecule has 1 aromatic carbocycles. The number of hydrogen-bond acceptors (Lipinski definition) is 3. The lowest BCUT2D eigenvalue weighted by molar-refractivity contribution is -0.121. The van der Waals surface area contributed by atoms with Crippen LogP contribution >= 0.6 is 0 Å². The summed E-state index contributed by atoms with van der Waals surface area (Å²) in [7, 11) is 1.59. The summed E-state index contributed by atoms with van der Waals surface area (Å²) in [5.41, 5.74) is -0.0922. The van der Waals surface area contributed by atoms with Crippen LogP contribution in [0.1, 0.15) is 34.6 Å². The van der Waals surface area contributed by atoms with Crippen molar-refractivity contribution in [3.8, 4) is 0 Å². The molecule has 1 unspecified atom stereocenters. The monoisotopic (exact) mass is 324 g/mol. The minimum Gasteiger partial charge on any atom is -0.444 e. The standard InChI is InChI=1S/C17H25FN2O3/c1-11(2)14(19-16(22)23-17(3,4)5)15(21)20(6)13-9-7-12(18)8-10-13/h7-11,14H,1-6H3,(H,19,22). The zero-order valence-electron chi connectivity index (χ0n) is 14.5. The van der Waals surface area contributed by atoms with E-state index in [1.165, 1.54) is 29.2 Å². The van der Waals surface area contributed by atoms with Gasteiger partial charge in [0.15, 0.2) is 0 Å². The molecule has 0 aliphatic rings. The zero-order chi connectivity index (χ0) is 17.8. The molecule has 1 atom stereocenters. The maximum absolute atomic E-state index is 13.0. The third-order valence-electron chi connectivity index (χ3n) is 3.15. The van der Waals surface area contributed by atoms with Crippen LogP contribution in [0.2, 0.25) is 0 Å². The van der Waals surface area contributed by atoms with E-state index in [4.69, 9.17) is 4.74 Å². The van der Waals surface area contributed by atoms with Gasteiger partial charge in [-0.1, -0.05) is 13.8 Å². The second kappa shape index (κ2) is 7.44. The molecule has 0 heterocycles. The van der Waals surface area contributed by atoms with E-state index in [1.54, 1.807) is 27.8 Å². The second-order valence-corrected chi connectivity index (χ2v) is 6.74. The van der Waals surface area contributed by atoms with Crippen molar-refractivity contribution >= 4 is 17.7 Å². The van der Waals surface area contributed by atoms with Crippen LogP contribution in [0.5, 0.6) is 0 Å². The maximum Gasteiger partial charge on any atom is 0.408 e. The Bertz CT molecular complexity index is 550. The van der Waals surface area contributed by atoms with Crippen LogP contribution in [-0.2, 0) is 9.53 Å². The van der Waals surface area contributed by atoms with Crippen molar-refractivity contribution in [1.29, 1.82) is 0 Å². The van der Waals surface area contributed by atoms with Crippen LogP contribution in [0.25, 0.3) is 0 Å². The Hall–Kier alpha value is -2.11. The number of rotatable bonds is 4. The lowest BCUT2D eigenvalue weighted by atomic mass is 10.0. The van der Waals surface area contributed by atoms with Gasteiger partial charge in [0.2, 0.25) is 5.91 Å². The SMILES string of the molecule is CC(C)C(NC(=O)OC(C)(C)C)C(=O)N(C)c1ccc(F)cc1. The molecule has 0 aliphatic heterocycles. The van der Waals surface area contributed by atoms with E-state index in [0.717, 1.165) is 0 Å². The Morgan fingerprint density at radius 1 is 1.17 bits per heavy atom. The van der Waals surface area contributed by atoms with E-state index < -0.39 is 17.7 Å². The van der Waals surface area contributed by atoms with E-state index in [-0.39, 0.29) is 17.6 Å². The van der Waals surface area contributed by atoms with Crippen LogP contribution in [-0.4, -0.2) is 30.7 Å². The van der Waals surface area contributed by atoms with Crippen molar-refractivity contribution in [2.24, 2.45) is 5.92 Å². The van der Waals surface area contributed by atoms with Gasteiger partial charge in [0, 0.05) is 12.7 Å². The number of ether oxygens (including phenoxy) is 1. The molecule has 0 bridgehead atoms. The summed E-state index contributed by atoms with van der Waals surface area (Å²) in [6.07, 6.45) is -0.642. The number of nitrogens with one attached hydrogen (secondary N) is 1. The van der Waals surface area contributed by atoms with Crippen molar-refractivity contribution in [2.45, 2.75) is 46.3 Å². The first kappa shape index (κ1) is 18.9. The Morgan fingerprint density at radius 3 is 2.13 bits per heavy atom. The Morgan fingerprint density at radius 2 is 1.70 bits per heavy atom. The molecule has 5 nitrogen and oxygen atoms in total. The number of hydrogen-bond donors (Lipinski definition) is 1. The molecule has 0 aromatic heterocycles. The van der Waals surface area contributed by atoms with Crippen LogP contribution in [0, 0.1) is 11.7 Å². The number of nitrogens with zero attached hydrogens (tertiary/aromatic N) is 1. The summed E-state index contributed by atoms with van der Waals surface area (Å²) >= 11 is 0. The molecular formula is C17H25FN2O3. The molecule has 0 fully saturated rings. The molecule has 0 spiro atoms. The molecule has 1 N–H and O–H groups in total. The summed E-state index contributed by atoms with van der Waals surface area (Å²) in [5.74, 6) is -0.794. The van der Waals surface area contributed by atoms with Gasteiger partial charge < -0.3 is 15.0 Å². The number of likely N-dealkylation sites (N-methyl/N-ethyl adjacent to an activating group) is 1. The van der Waals surface area contributed by atoms with Crippen molar-refractivity contribution in [2.75, 3.05) is 11.9 Å². The normalized spacial score (nSPS) is 12.7. The number of benzene rings is 1. The van der Waals surface area contributed by atoms with E-state index in [1.807, 2.05) is 13.8 Å². The third kappa shape index (κ3) is 5.88. The summed E-state index contributed by atoms with van der Waals surface area (Å²) in [6, 6.07) is 4.85. The molecule has 6 heteroatoms. The summed E-state index contributed by atoms with van der Waals surface area (Å²) < 4.78 is 18.2. The third-order valence-corrected chi connectivity index (χ3v) is 3.15. The minimum absolute atomic E-state index is 0.127. The van der Waals surface area contributed by atoms with Crippen LogP contribution in [0.3, 0.4) is 0 Å². The van der Waals surface area contributed by atoms with Gasteiger partial charge in [-0.05, 0) is 51.0 Å². The lowest BCUT2D eigenvalue weighted by Crippen LogP contribution is -2.51. The molecular weight excluding hydrogens is 299 g/mol. The second-order valence-electron chi connectivity index (χ2n) is 6.74. The average Bonchev–Trinajstić information content (AvgIpc) is 2.42. The van der Waals surface area contributed by atoms with Crippen molar-refractivity contribution in [1.82, 2.24) is 5.32 Å². The first-order valence-electron chi connectivity index (χ1n) is 7.54. The number of anilines is 1. The number of carbonyl (C=O) groups is 2. The lowest BCUT2D eigenvalue weighted by Gasteiger charge is -2.28. The van der Waals surface area contributed by atoms with Gasteiger partial charge in [-0.25, -0.2) is 9.18 Å². The quantitative estimate of drug-likeness (QED) is 0.924. The van der Waals surface area contributed by atoms with Crippen LogP contribution in [0.15, 0.2) is 24.3 Å². The van der Waals surface area contributed by atoms with Gasteiger partial charge in [-0.3, -0.25) is 4.79 Å². The Labute approximate surface area is 136 Å². The maximum atomic E-state index is 13.0. The van der Waals surface area contributed by atoms with E-state index >= 15 is 0 Å². The summed E-state index contributed by atoms with van der Waals surface area (Å²) in [6.45, 7) is 8.92. The number of alkyl carbamates (subject to hydrolysis) is 1. The smallest absolute Gasteiger partial charge is 0.408 e. The number of halogens is 1. The topological polar surface area (TPSA) is 58.6 Å². The van der Waals surface area contributed by atoms with Gasteiger partial charge in [0.25, 0.3) is 0 Å². The number of carbonyl (C=O) groups excluding carboxylic acids is 2. The van der Waals surface area contributed by atoms with E-state index in [2.05, 4.69) is 5.32 Å². The Balaban J connectivity index is 2.86. The van der Waals surface area contributed by atoms with Gasteiger partial charge in [0.05, 0.1) is 0 Å². The molecule has 23 heavy (non-hydrogen) atoms. The highest BCUT2D eigenvalue weighted by Gasteiger charge is 2.29. The molecule has 1 rings (SSSR count). The van der Waals surface area contributed by atoms with Crippen molar-refractivity contribution in [3.05, 3.63) is 30.1 Å². The largest absolute Gasteiger partial charge is 0.444 e. The summed E-state index contributed by atoms with van der Waals surface area (Å²) in [4.78, 5) is 26.0. The highest BCUT2D eigenvalue weighted by Crippen LogP contribution is 2.17.